The van der Waals surface area contributed by atoms with E-state index < -0.39 is 0 Å². The predicted molar refractivity (Wildman–Crippen MR) is 74.0 cm³/mol. The number of benzene rings is 1. The van der Waals surface area contributed by atoms with Gasteiger partial charge in [-0.3, -0.25) is 4.79 Å². The monoisotopic (exact) mass is 265 g/mol. The van der Waals surface area contributed by atoms with Crippen molar-refractivity contribution in [2.24, 2.45) is 7.05 Å². The van der Waals surface area contributed by atoms with E-state index >= 15 is 0 Å². The molecule has 2 heterocycles. The lowest BCUT2D eigenvalue weighted by Gasteiger charge is -2.04. The van der Waals surface area contributed by atoms with Crippen molar-refractivity contribution in [1.29, 1.82) is 5.26 Å². The van der Waals surface area contributed by atoms with Gasteiger partial charge >= 0.3 is 0 Å². The summed E-state index contributed by atoms with van der Waals surface area (Å²) in [5.74, 6) is -0.301. The Hall–Kier alpha value is -3.07. The first kappa shape index (κ1) is 12.0. The number of nitriles is 1. The number of anilines is 1. The van der Waals surface area contributed by atoms with E-state index in [1.807, 2.05) is 30.3 Å². The average Bonchev–Trinajstić information content (AvgIpc) is 3.00. The minimum absolute atomic E-state index is 0.0581. The minimum Gasteiger partial charge on any atom is -0.382 e. The lowest BCUT2D eigenvalue weighted by Crippen LogP contribution is -2.18. The van der Waals surface area contributed by atoms with Gasteiger partial charge in [-0.05, 0) is 12.1 Å². The van der Waals surface area contributed by atoms with Gasteiger partial charge in [0.25, 0.3) is 5.91 Å². The van der Waals surface area contributed by atoms with Crippen LogP contribution < -0.4 is 5.73 Å². The van der Waals surface area contributed by atoms with Crippen molar-refractivity contribution in [3.63, 3.8) is 0 Å². The summed E-state index contributed by atoms with van der Waals surface area (Å²) in [4.78, 5) is 12.5. The number of carbonyl (C=O) groups is 1. The van der Waals surface area contributed by atoms with Crippen molar-refractivity contribution < 1.29 is 4.79 Å². The minimum atomic E-state index is -0.359. The number of aryl methyl sites for hydroxylation is 1. The molecule has 0 atom stereocenters. The number of nitrogen functional groups attached to an aromatic ring is 1. The van der Waals surface area contributed by atoms with Crippen LogP contribution in [0, 0.1) is 11.3 Å². The molecule has 0 bridgehead atoms. The molecule has 0 amide bonds. The molecule has 0 aliphatic carbocycles. The number of hydrogen-bond donors (Lipinski definition) is 1. The number of rotatable bonds is 1. The number of para-hydroxylation sites is 1. The SMILES string of the molecule is Cn1c(C(=O)n2ncc(C#N)c2N)cc2ccccc21. The van der Waals surface area contributed by atoms with Crippen LogP contribution in [0.25, 0.3) is 10.9 Å². The molecule has 0 saturated carbocycles. The fourth-order valence-corrected chi connectivity index (χ4v) is 2.21. The number of carbonyl (C=O) groups excluding carboxylic acids is 1. The summed E-state index contributed by atoms with van der Waals surface area (Å²) in [6, 6.07) is 11.4. The predicted octanol–water partition coefficient (Wildman–Crippen LogP) is 1.52. The van der Waals surface area contributed by atoms with Gasteiger partial charge in [0.15, 0.2) is 0 Å². The van der Waals surface area contributed by atoms with Crippen molar-refractivity contribution in [2.75, 3.05) is 5.73 Å². The van der Waals surface area contributed by atoms with Gasteiger partial charge in [0, 0.05) is 18.0 Å². The first-order valence-electron chi connectivity index (χ1n) is 5.96. The zero-order valence-corrected chi connectivity index (χ0v) is 10.7. The number of aromatic nitrogens is 3. The second-order valence-corrected chi connectivity index (χ2v) is 4.42. The standard InChI is InChI=1S/C14H11N5O/c1-18-11-5-3-2-4-9(11)6-12(18)14(20)19-13(16)10(7-15)8-17-19/h2-6,8H,16H2,1H3. The van der Waals surface area contributed by atoms with Crippen LogP contribution in [0.3, 0.4) is 0 Å². The first-order valence-corrected chi connectivity index (χ1v) is 5.96. The topological polar surface area (TPSA) is 89.6 Å². The molecule has 0 spiro atoms. The molecular weight excluding hydrogens is 254 g/mol. The fourth-order valence-electron chi connectivity index (χ4n) is 2.21. The fraction of sp³-hybridized carbons (Fsp3) is 0.0714. The van der Waals surface area contributed by atoms with Gasteiger partial charge in [-0.2, -0.15) is 15.0 Å². The summed E-state index contributed by atoms with van der Waals surface area (Å²) in [7, 11) is 1.81. The molecule has 3 aromatic rings. The van der Waals surface area contributed by atoms with E-state index in [4.69, 9.17) is 11.0 Å². The molecule has 0 unspecified atom stereocenters. The van der Waals surface area contributed by atoms with Gasteiger partial charge < -0.3 is 10.3 Å². The van der Waals surface area contributed by atoms with Gasteiger partial charge in [0.1, 0.15) is 23.1 Å². The summed E-state index contributed by atoms with van der Waals surface area (Å²) in [5, 5.41) is 13.7. The number of nitrogens with two attached hydrogens (primary N) is 1. The van der Waals surface area contributed by atoms with E-state index in [1.54, 1.807) is 17.7 Å². The van der Waals surface area contributed by atoms with Gasteiger partial charge in [-0.1, -0.05) is 18.2 Å². The third kappa shape index (κ3) is 1.57. The number of fused-ring (bicyclic) bond motifs is 1. The van der Waals surface area contributed by atoms with Crippen LogP contribution in [-0.2, 0) is 7.05 Å². The maximum absolute atomic E-state index is 12.5. The molecule has 0 aliphatic rings. The Kier molecular flexibility index (Phi) is 2.54. The number of nitrogens with zero attached hydrogens (tertiary/aromatic N) is 4. The third-order valence-corrected chi connectivity index (χ3v) is 3.29. The van der Waals surface area contributed by atoms with Crippen molar-refractivity contribution >= 4 is 22.6 Å². The lowest BCUT2D eigenvalue weighted by atomic mass is 10.2. The highest BCUT2D eigenvalue weighted by molar-refractivity contribution is 6.00. The molecule has 2 N–H and O–H groups in total. The van der Waals surface area contributed by atoms with Crippen LogP contribution in [0.1, 0.15) is 16.1 Å². The molecule has 0 aliphatic heterocycles. The van der Waals surface area contributed by atoms with E-state index in [9.17, 15) is 4.79 Å². The van der Waals surface area contributed by atoms with Crippen LogP contribution in [-0.4, -0.2) is 20.3 Å². The van der Waals surface area contributed by atoms with Crippen molar-refractivity contribution in [1.82, 2.24) is 14.3 Å². The Morgan fingerprint density at radius 3 is 2.80 bits per heavy atom. The third-order valence-electron chi connectivity index (χ3n) is 3.29. The van der Waals surface area contributed by atoms with E-state index in [0.717, 1.165) is 15.6 Å². The number of hydrogen-bond acceptors (Lipinski definition) is 4. The molecule has 0 fully saturated rings. The van der Waals surface area contributed by atoms with E-state index in [2.05, 4.69) is 5.10 Å². The van der Waals surface area contributed by atoms with Crippen LogP contribution in [0.5, 0.6) is 0 Å². The quantitative estimate of drug-likeness (QED) is 0.722. The Balaban J connectivity index is 2.15. The van der Waals surface area contributed by atoms with E-state index in [-0.39, 0.29) is 17.3 Å². The Labute approximate surface area is 114 Å². The zero-order valence-electron chi connectivity index (χ0n) is 10.7. The van der Waals surface area contributed by atoms with Gasteiger partial charge in [0.05, 0.1) is 6.20 Å². The van der Waals surface area contributed by atoms with Crippen LogP contribution >= 0.6 is 0 Å². The highest BCUT2D eigenvalue weighted by atomic mass is 16.2. The summed E-state index contributed by atoms with van der Waals surface area (Å²) < 4.78 is 2.83. The Morgan fingerprint density at radius 1 is 1.40 bits per heavy atom. The molecule has 0 saturated heterocycles. The van der Waals surface area contributed by atoms with Gasteiger partial charge in [0.2, 0.25) is 0 Å². The molecular formula is C14H11N5O. The Bertz CT molecular complexity index is 865. The van der Waals surface area contributed by atoms with Crippen molar-refractivity contribution in [3.8, 4) is 6.07 Å². The lowest BCUT2D eigenvalue weighted by molar-refractivity contribution is 0.0940. The van der Waals surface area contributed by atoms with Gasteiger partial charge in [-0.15, -0.1) is 0 Å². The first-order chi connectivity index (χ1) is 9.63. The van der Waals surface area contributed by atoms with E-state index in [1.165, 1.54) is 6.20 Å². The normalized spacial score (nSPS) is 10.6. The van der Waals surface area contributed by atoms with Crippen LogP contribution in [0.4, 0.5) is 5.82 Å². The highest BCUT2D eigenvalue weighted by Crippen LogP contribution is 2.20. The molecule has 6 heteroatoms. The summed E-state index contributed by atoms with van der Waals surface area (Å²) in [6.45, 7) is 0. The largest absolute Gasteiger partial charge is 0.382 e. The smallest absolute Gasteiger partial charge is 0.296 e. The summed E-state index contributed by atoms with van der Waals surface area (Å²) in [6.07, 6.45) is 1.29. The second-order valence-electron chi connectivity index (χ2n) is 4.42. The molecule has 20 heavy (non-hydrogen) atoms. The maximum atomic E-state index is 12.5. The molecule has 2 aromatic heterocycles. The molecule has 3 rings (SSSR count). The summed E-state index contributed by atoms with van der Waals surface area (Å²) in [5.41, 5.74) is 7.35. The molecule has 0 radical (unpaired) electrons. The summed E-state index contributed by atoms with van der Waals surface area (Å²) >= 11 is 0. The van der Waals surface area contributed by atoms with Crippen LogP contribution in [0.2, 0.25) is 0 Å². The maximum Gasteiger partial charge on any atom is 0.296 e. The highest BCUT2D eigenvalue weighted by Gasteiger charge is 2.19. The second kappa shape index (κ2) is 4.24. The van der Waals surface area contributed by atoms with E-state index in [0.29, 0.717) is 5.69 Å². The van der Waals surface area contributed by atoms with Crippen LogP contribution in [0.15, 0.2) is 36.5 Å². The Morgan fingerprint density at radius 2 is 2.15 bits per heavy atom. The van der Waals surface area contributed by atoms with Gasteiger partial charge in [-0.25, -0.2) is 0 Å². The molecule has 1 aromatic carbocycles. The van der Waals surface area contributed by atoms with Crippen molar-refractivity contribution in [2.45, 2.75) is 0 Å². The van der Waals surface area contributed by atoms with Crippen molar-refractivity contribution in [3.05, 3.63) is 47.8 Å². The zero-order chi connectivity index (χ0) is 14.3. The molecule has 98 valence electrons. The average molecular weight is 265 g/mol. The molecule has 6 nitrogen and oxygen atoms in total.